The van der Waals surface area contributed by atoms with Crippen molar-refractivity contribution in [3.05, 3.63) is 0 Å². The average molecular weight is 762 g/mol. The Balaban J connectivity index is 3.83. The molecule has 0 radical (unpaired) electrons. The lowest BCUT2D eigenvalue weighted by atomic mass is 9.73. The van der Waals surface area contributed by atoms with Crippen LogP contribution in [-0.2, 0) is 52.5 Å². The van der Waals surface area contributed by atoms with Gasteiger partial charge in [-0.05, 0) is 44.9 Å². The van der Waals surface area contributed by atoms with Gasteiger partial charge in [0.15, 0.2) is 0 Å². The van der Waals surface area contributed by atoms with Crippen LogP contribution in [0.25, 0.3) is 0 Å². The number of carboxylic acid groups (broad SMARTS) is 2. The highest BCUT2D eigenvalue weighted by molar-refractivity contribution is 5.85. The van der Waals surface area contributed by atoms with E-state index in [0.29, 0.717) is 25.9 Å². The third-order valence-electron chi connectivity index (χ3n) is 7.53. The average Bonchev–Trinajstić information content (AvgIpc) is 3.06. The van der Waals surface area contributed by atoms with Gasteiger partial charge < -0.3 is 55.7 Å². The van der Waals surface area contributed by atoms with E-state index in [4.69, 9.17) is 18.9 Å². The molecule has 0 heterocycles. The number of ether oxygens (including phenoxy) is 4. The van der Waals surface area contributed by atoms with E-state index < -0.39 is 40.6 Å². The number of carboxylic acids is 2. The summed E-state index contributed by atoms with van der Waals surface area (Å²) in [4.78, 5) is 83.0. The Labute approximate surface area is 312 Å². The lowest BCUT2D eigenvalue weighted by Crippen LogP contribution is -2.43. The Bertz CT molecular complexity index is 1130. The first-order valence-corrected chi connectivity index (χ1v) is 18.1. The molecule has 0 aliphatic carbocycles. The quantitative estimate of drug-likeness (QED) is 0.0447. The Morgan fingerprint density at radius 3 is 1.58 bits per heavy atom. The molecule has 0 spiro atoms. The van der Waals surface area contributed by atoms with Crippen LogP contribution in [0, 0.1) is 10.8 Å². The summed E-state index contributed by atoms with van der Waals surface area (Å²) in [6.45, 7) is 11.0. The normalized spacial score (nSPS) is 12.0. The van der Waals surface area contributed by atoms with Crippen molar-refractivity contribution in [3.63, 3.8) is 0 Å². The number of unbranched alkanes of at least 4 members (excludes halogenated alkanes) is 1. The van der Waals surface area contributed by atoms with Gasteiger partial charge in [-0.3, -0.25) is 28.8 Å². The zero-order chi connectivity index (χ0) is 40.1. The molecular weight excluding hydrogens is 698 g/mol. The first kappa shape index (κ1) is 49.1. The van der Waals surface area contributed by atoms with E-state index in [0.717, 1.165) is 12.8 Å². The van der Waals surface area contributed by atoms with E-state index in [2.05, 4.69) is 33.5 Å². The summed E-state index contributed by atoms with van der Waals surface area (Å²) in [5.41, 5.74) is -1.75. The lowest BCUT2D eigenvalue weighted by molar-refractivity contribution is -0.149. The van der Waals surface area contributed by atoms with Crippen LogP contribution in [0.3, 0.4) is 0 Å². The predicted octanol–water partition coefficient (Wildman–Crippen LogP) is 0.365. The molecule has 53 heavy (non-hydrogen) atoms. The Morgan fingerprint density at radius 2 is 1.06 bits per heavy atom. The first-order valence-electron chi connectivity index (χ1n) is 18.1. The number of amides is 5. The lowest BCUT2D eigenvalue weighted by Gasteiger charge is -2.32. The topological polar surface area (TPSA) is 257 Å². The molecule has 0 bridgehead atoms. The second kappa shape index (κ2) is 28.6. The SMILES string of the molecule is CCCCNC(=O)CCCNC(=O)COCCOCCNC(=O)COCCOCCNC(=O)CCC(NC(=O)CC(C)(C)CC(C)(C)C(=O)O)C(=O)O. The molecule has 18 nitrogen and oxygen atoms in total. The summed E-state index contributed by atoms with van der Waals surface area (Å²) in [7, 11) is 0. The fourth-order valence-corrected chi connectivity index (χ4v) is 5.00. The van der Waals surface area contributed by atoms with Gasteiger partial charge in [0.1, 0.15) is 19.3 Å². The Hall–Kier alpha value is -3.87. The number of carbonyl (C=O) groups is 7. The molecule has 7 N–H and O–H groups in total. The van der Waals surface area contributed by atoms with E-state index in [1.54, 1.807) is 27.7 Å². The van der Waals surface area contributed by atoms with Crippen molar-refractivity contribution in [2.45, 2.75) is 92.0 Å². The summed E-state index contributed by atoms with van der Waals surface area (Å²) >= 11 is 0. The fourth-order valence-electron chi connectivity index (χ4n) is 5.00. The van der Waals surface area contributed by atoms with Crippen LogP contribution in [0.4, 0.5) is 0 Å². The van der Waals surface area contributed by atoms with Crippen molar-refractivity contribution in [1.82, 2.24) is 26.6 Å². The molecule has 0 saturated heterocycles. The van der Waals surface area contributed by atoms with E-state index in [-0.39, 0.29) is 109 Å². The molecule has 0 fully saturated rings. The maximum Gasteiger partial charge on any atom is 0.326 e. The van der Waals surface area contributed by atoms with E-state index in [9.17, 15) is 43.8 Å². The van der Waals surface area contributed by atoms with E-state index in [1.807, 2.05) is 0 Å². The summed E-state index contributed by atoms with van der Waals surface area (Å²) in [5.74, 6) is -3.87. The maximum absolute atomic E-state index is 12.5. The van der Waals surface area contributed by atoms with Crippen LogP contribution in [-0.4, -0.2) is 137 Å². The number of aliphatic carboxylic acids is 2. The highest BCUT2D eigenvalue weighted by atomic mass is 16.5. The fraction of sp³-hybridized carbons (Fsp3) is 0.800. The summed E-state index contributed by atoms with van der Waals surface area (Å²) in [6.07, 6.45) is 2.71. The predicted molar refractivity (Wildman–Crippen MR) is 193 cm³/mol. The minimum absolute atomic E-state index is 0.0240. The number of rotatable bonds is 33. The largest absolute Gasteiger partial charge is 0.481 e. The summed E-state index contributed by atoms with van der Waals surface area (Å²) in [6, 6.07) is -1.28. The van der Waals surface area contributed by atoms with Gasteiger partial charge in [-0.25, -0.2) is 4.79 Å². The monoisotopic (exact) mass is 761 g/mol. The number of hydrogen-bond acceptors (Lipinski definition) is 11. The molecular formula is C35H63N5O13. The van der Waals surface area contributed by atoms with Crippen LogP contribution in [0.2, 0.25) is 0 Å². The number of hydrogen-bond donors (Lipinski definition) is 7. The standard InChI is InChI=1S/C35H63N5O13/c1-6-7-12-36-27(41)9-8-13-37-30(44)23-52-20-19-51-17-15-39-31(45)24-53-21-18-50-16-14-38-28(42)11-10-26(32(46)47)40-29(43)22-34(2,3)25-35(4,5)33(48)49/h26H,6-25H2,1-5H3,(H,36,41)(H,37,44)(H,38,42)(H,39,45)(H,40,43)(H,46,47)(H,48,49). The zero-order valence-electron chi connectivity index (χ0n) is 32.1. The molecule has 0 aliphatic heterocycles. The van der Waals surface area contributed by atoms with Gasteiger partial charge in [0.05, 0.1) is 45.1 Å². The van der Waals surface area contributed by atoms with Crippen LogP contribution >= 0.6 is 0 Å². The van der Waals surface area contributed by atoms with Crippen molar-refractivity contribution >= 4 is 41.5 Å². The molecule has 0 saturated carbocycles. The van der Waals surface area contributed by atoms with Crippen LogP contribution in [0.5, 0.6) is 0 Å². The smallest absolute Gasteiger partial charge is 0.326 e. The molecule has 0 aromatic heterocycles. The third-order valence-corrected chi connectivity index (χ3v) is 7.53. The third kappa shape index (κ3) is 28.3. The number of carbonyl (C=O) groups excluding carboxylic acids is 5. The zero-order valence-corrected chi connectivity index (χ0v) is 32.1. The second-order valence-corrected chi connectivity index (χ2v) is 13.9. The van der Waals surface area contributed by atoms with Crippen molar-refractivity contribution in [3.8, 4) is 0 Å². The van der Waals surface area contributed by atoms with E-state index in [1.165, 1.54) is 0 Å². The molecule has 1 atom stereocenters. The van der Waals surface area contributed by atoms with Gasteiger partial charge >= 0.3 is 11.9 Å². The molecule has 306 valence electrons. The van der Waals surface area contributed by atoms with Gasteiger partial charge in [-0.15, -0.1) is 0 Å². The maximum atomic E-state index is 12.5. The first-order chi connectivity index (χ1) is 25.0. The summed E-state index contributed by atoms with van der Waals surface area (Å²) in [5, 5.41) is 32.0. The molecule has 1 unspecified atom stereocenters. The molecule has 0 rings (SSSR count). The summed E-state index contributed by atoms with van der Waals surface area (Å²) < 4.78 is 21.2. The van der Waals surface area contributed by atoms with Crippen LogP contribution in [0.1, 0.15) is 86.0 Å². The van der Waals surface area contributed by atoms with E-state index >= 15 is 0 Å². The molecule has 0 aliphatic rings. The highest BCUT2D eigenvalue weighted by Crippen LogP contribution is 2.36. The second-order valence-electron chi connectivity index (χ2n) is 13.9. The minimum Gasteiger partial charge on any atom is -0.481 e. The van der Waals surface area contributed by atoms with Gasteiger partial charge in [-0.1, -0.05) is 27.2 Å². The number of nitrogens with one attached hydrogen (secondary N) is 5. The van der Waals surface area contributed by atoms with Crippen molar-refractivity contribution < 1.29 is 62.7 Å². The van der Waals surface area contributed by atoms with Gasteiger partial charge in [0.25, 0.3) is 0 Å². The minimum atomic E-state index is -1.28. The Morgan fingerprint density at radius 1 is 0.585 bits per heavy atom. The molecule has 18 heteroatoms. The highest BCUT2D eigenvalue weighted by Gasteiger charge is 2.36. The van der Waals surface area contributed by atoms with Crippen molar-refractivity contribution in [1.29, 1.82) is 0 Å². The molecule has 5 amide bonds. The molecule has 0 aromatic carbocycles. The van der Waals surface area contributed by atoms with Crippen molar-refractivity contribution in [2.75, 3.05) is 79.0 Å². The van der Waals surface area contributed by atoms with Crippen LogP contribution in [0.15, 0.2) is 0 Å². The van der Waals surface area contributed by atoms with Gasteiger partial charge in [0, 0.05) is 45.4 Å². The van der Waals surface area contributed by atoms with Gasteiger partial charge in [0.2, 0.25) is 29.5 Å². The van der Waals surface area contributed by atoms with Crippen molar-refractivity contribution in [2.24, 2.45) is 10.8 Å². The Kier molecular flexibility index (Phi) is 26.5. The van der Waals surface area contributed by atoms with Crippen LogP contribution < -0.4 is 26.6 Å². The van der Waals surface area contributed by atoms with Gasteiger partial charge in [-0.2, -0.15) is 0 Å². The molecule has 0 aromatic rings.